The number of phenolic OH excluding ortho intramolecular Hbond substituents is 1. The predicted octanol–water partition coefficient (Wildman–Crippen LogP) is 3.79. The van der Waals surface area contributed by atoms with Gasteiger partial charge in [-0.2, -0.15) is 0 Å². The summed E-state index contributed by atoms with van der Waals surface area (Å²) in [6.45, 7) is 0. The molecule has 1 aromatic rings. The number of phenols is 1. The molecule has 1 aromatic carbocycles. The minimum Gasteiger partial charge on any atom is -0.508 e. The Morgan fingerprint density at radius 3 is 2.53 bits per heavy atom. The van der Waals surface area contributed by atoms with Gasteiger partial charge in [-0.3, -0.25) is 0 Å². The number of hydrogen-bond donors (Lipinski definition) is 2. The monoisotopic (exact) mass is 234 g/mol. The van der Waals surface area contributed by atoms with E-state index in [0.29, 0.717) is 5.56 Å². The fourth-order valence-electron chi connectivity index (χ4n) is 2.79. The maximum atomic E-state index is 10.1. The maximum absolute atomic E-state index is 10.1. The van der Waals surface area contributed by atoms with E-state index in [2.05, 4.69) is 0 Å². The topological polar surface area (TPSA) is 40.5 Å². The molecular weight excluding hydrogens is 212 g/mol. The molecule has 2 nitrogen and oxygen atoms in total. The summed E-state index contributed by atoms with van der Waals surface area (Å²) in [7, 11) is 0. The van der Waals surface area contributed by atoms with Crippen molar-refractivity contribution in [1.29, 1.82) is 0 Å². The van der Waals surface area contributed by atoms with Crippen molar-refractivity contribution in [2.24, 2.45) is 5.92 Å². The molecule has 0 aromatic heterocycles. The maximum Gasteiger partial charge on any atom is 0.121 e. The van der Waals surface area contributed by atoms with Gasteiger partial charge in [0.15, 0.2) is 0 Å². The second kappa shape index (κ2) is 6.06. The van der Waals surface area contributed by atoms with Gasteiger partial charge in [0.25, 0.3) is 0 Å². The first kappa shape index (κ1) is 12.4. The number of rotatable bonds is 4. The minimum atomic E-state index is -0.516. The molecule has 0 bridgehead atoms. The number of aliphatic hydroxyl groups excluding tert-OH is 1. The summed E-state index contributed by atoms with van der Waals surface area (Å²) in [5.74, 6) is 0.993. The largest absolute Gasteiger partial charge is 0.508 e. The number of hydrogen-bond acceptors (Lipinski definition) is 2. The van der Waals surface area contributed by atoms with Crippen LogP contribution in [0.3, 0.4) is 0 Å². The van der Waals surface area contributed by atoms with Crippen LogP contribution >= 0.6 is 0 Å². The van der Waals surface area contributed by atoms with Gasteiger partial charge in [0.05, 0.1) is 6.10 Å². The van der Waals surface area contributed by atoms with E-state index < -0.39 is 6.10 Å². The molecule has 2 heteroatoms. The lowest BCUT2D eigenvalue weighted by molar-refractivity contribution is 0.148. The molecule has 2 rings (SSSR count). The third-order valence-corrected chi connectivity index (χ3v) is 3.87. The van der Waals surface area contributed by atoms with Gasteiger partial charge < -0.3 is 10.2 Å². The van der Waals surface area contributed by atoms with Crippen LogP contribution in [0.15, 0.2) is 24.3 Å². The molecule has 1 atom stereocenters. The number of aromatic hydroxyl groups is 1. The molecule has 0 spiro atoms. The van der Waals surface area contributed by atoms with E-state index in [0.717, 1.165) is 18.8 Å². The first-order valence-corrected chi connectivity index (χ1v) is 6.73. The molecule has 0 heterocycles. The molecule has 1 unspecified atom stereocenters. The Hall–Kier alpha value is -1.02. The van der Waals surface area contributed by atoms with Crippen LogP contribution in [0.2, 0.25) is 0 Å². The fourth-order valence-corrected chi connectivity index (χ4v) is 2.79. The SMILES string of the molecule is Oc1ccccc1C(O)CCC1CCCCC1. The highest BCUT2D eigenvalue weighted by Crippen LogP contribution is 2.32. The molecule has 0 saturated heterocycles. The standard InChI is InChI=1S/C15H22O2/c16-14-9-5-4-8-13(14)15(17)11-10-12-6-2-1-3-7-12/h4-5,8-9,12,15-17H,1-3,6-7,10-11H2. The lowest BCUT2D eigenvalue weighted by atomic mass is 9.85. The molecular formula is C15H22O2. The van der Waals surface area contributed by atoms with Crippen LogP contribution in [0, 0.1) is 5.92 Å². The first-order valence-electron chi connectivity index (χ1n) is 6.73. The summed E-state index contributed by atoms with van der Waals surface area (Å²) in [4.78, 5) is 0. The summed E-state index contributed by atoms with van der Waals surface area (Å²) in [5.41, 5.74) is 0.670. The zero-order valence-corrected chi connectivity index (χ0v) is 10.3. The van der Waals surface area contributed by atoms with Gasteiger partial charge in [0.2, 0.25) is 0 Å². The molecule has 2 N–H and O–H groups in total. The van der Waals surface area contributed by atoms with Crippen molar-refractivity contribution < 1.29 is 10.2 Å². The normalized spacial score (nSPS) is 19.1. The Morgan fingerprint density at radius 1 is 1.12 bits per heavy atom. The Bertz CT molecular complexity index is 343. The summed E-state index contributed by atoms with van der Waals surface area (Å²) < 4.78 is 0. The third-order valence-electron chi connectivity index (χ3n) is 3.87. The van der Waals surface area contributed by atoms with Gasteiger partial charge in [0.1, 0.15) is 5.75 Å². The summed E-state index contributed by atoms with van der Waals surface area (Å²) in [6.07, 6.45) is 8.02. The zero-order chi connectivity index (χ0) is 12.1. The van der Waals surface area contributed by atoms with Crippen molar-refractivity contribution >= 4 is 0 Å². The highest BCUT2D eigenvalue weighted by Gasteiger charge is 2.17. The van der Waals surface area contributed by atoms with E-state index in [-0.39, 0.29) is 5.75 Å². The number of aliphatic hydroxyl groups is 1. The zero-order valence-electron chi connectivity index (χ0n) is 10.3. The highest BCUT2D eigenvalue weighted by molar-refractivity contribution is 5.33. The van der Waals surface area contributed by atoms with E-state index >= 15 is 0 Å². The summed E-state index contributed by atoms with van der Waals surface area (Å²) in [6, 6.07) is 7.09. The van der Waals surface area contributed by atoms with Crippen LogP contribution in [-0.4, -0.2) is 10.2 Å². The van der Waals surface area contributed by atoms with E-state index in [4.69, 9.17) is 0 Å². The minimum absolute atomic E-state index is 0.212. The van der Waals surface area contributed by atoms with Crippen LogP contribution in [0.4, 0.5) is 0 Å². The molecule has 94 valence electrons. The lowest BCUT2D eigenvalue weighted by Gasteiger charge is -2.22. The average molecular weight is 234 g/mol. The van der Waals surface area contributed by atoms with Crippen LogP contribution < -0.4 is 0 Å². The van der Waals surface area contributed by atoms with Gasteiger partial charge in [-0.1, -0.05) is 50.3 Å². The molecule has 0 amide bonds. The summed E-state index contributed by atoms with van der Waals surface area (Å²) >= 11 is 0. The molecule has 1 fully saturated rings. The van der Waals surface area contributed by atoms with Crippen molar-refractivity contribution in [2.75, 3.05) is 0 Å². The fraction of sp³-hybridized carbons (Fsp3) is 0.600. The third kappa shape index (κ3) is 3.47. The van der Waals surface area contributed by atoms with Crippen LogP contribution in [0.1, 0.15) is 56.6 Å². The molecule has 1 aliphatic rings. The quantitative estimate of drug-likeness (QED) is 0.832. The Kier molecular flexibility index (Phi) is 4.43. The Labute approximate surface area is 103 Å². The summed E-state index contributed by atoms with van der Waals surface area (Å²) in [5, 5.41) is 19.7. The van der Waals surface area contributed by atoms with Gasteiger partial charge >= 0.3 is 0 Å². The van der Waals surface area contributed by atoms with Crippen LogP contribution in [0.5, 0.6) is 5.75 Å². The van der Waals surface area contributed by atoms with Crippen molar-refractivity contribution in [3.8, 4) is 5.75 Å². The number of benzene rings is 1. The first-order chi connectivity index (χ1) is 8.27. The van der Waals surface area contributed by atoms with Crippen LogP contribution in [0.25, 0.3) is 0 Å². The molecule has 1 aliphatic carbocycles. The molecule has 0 radical (unpaired) electrons. The molecule has 0 aliphatic heterocycles. The number of para-hydroxylation sites is 1. The smallest absolute Gasteiger partial charge is 0.121 e. The van der Waals surface area contributed by atoms with Gasteiger partial charge in [0, 0.05) is 5.56 Å². The lowest BCUT2D eigenvalue weighted by Crippen LogP contribution is -2.08. The Balaban J connectivity index is 1.84. The predicted molar refractivity (Wildman–Crippen MR) is 68.9 cm³/mol. The van der Waals surface area contributed by atoms with Crippen molar-refractivity contribution in [1.82, 2.24) is 0 Å². The molecule has 17 heavy (non-hydrogen) atoms. The van der Waals surface area contributed by atoms with Crippen molar-refractivity contribution in [3.05, 3.63) is 29.8 Å². The van der Waals surface area contributed by atoms with Gasteiger partial charge in [-0.25, -0.2) is 0 Å². The van der Waals surface area contributed by atoms with Crippen molar-refractivity contribution in [2.45, 2.75) is 51.0 Å². The van der Waals surface area contributed by atoms with Crippen molar-refractivity contribution in [3.63, 3.8) is 0 Å². The van der Waals surface area contributed by atoms with E-state index in [9.17, 15) is 10.2 Å². The van der Waals surface area contributed by atoms with Crippen LogP contribution in [-0.2, 0) is 0 Å². The second-order valence-corrected chi connectivity index (χ2v) is 5.16. The average Bonchev–Trinajstić information content (AvgIpc) is 2.38. The van der Waals surface area contributed by atoms with Gasteiger partial charge in [-0.15, -0.1) is 0 Å². The van der Waals surface area contributed by atoms with E-state index in [1.165, 1.54) is 32.1 Å². The van der Waals surface area contributed by atoms with E-state index in [1.54, 1.807) is 18.2 Å². The van der Waals surface area contributed by atoms with E-state index in [1.807, 2.05) is 6.07 Å². The highest BCUT2D eigenvalue weighted by atomic mass is 16.3. The van der Waals surface area contributed by atoms with Gasteiger partial charge in [-0.05, 0) is 24.8 Å². The Morgan fingerprint density at radius 2 is 1.82 bits per heavy atom. The second-order valence-electron chi connectivity index (χ2n) is 5.16. The molecule has 1 saturated carbocycles.